The molecule has 150 valence electrons. The highest BCUT2D eigenvalue weighted by Gasteiger charge is 2.34. The molecule has 1 aliphatic heterocycles. The fourth-order valence-corrected chi connectivity index (χ4v) is 3.41. The van der Waals surface area contributed by atoms with Crippen LogP contribution in [0.1, 0.15) is 41.7 Å². The van der Waals surface area contributed by atoms with E-state index in [2.05, 4.69) is 35.0 Å². The SMILES string of the molecule is C[C@H](NC1(CNC(=O)CNC(=O)c2ccoc2)CCOCC1)c1ccccc1. The molecule has 0 radical (unpaired) electrons. The first-order valence-corrected chi connectivity index (χ1v) is 9.55. The Kier molecular flexibility index (Phi) is 6.84. The lowest BCUT2D eigenvalue weighted by molar-refractivity contribution is -0.120. The minimum absolute atomic E-state index is 0.0785. The number of hydrogen-bond donors (Lipinski definition) is 3. The molecule has 7 nitrogen and oxygen atoms in total. The summed E-state index contributed by atoms with van der Waals surface area (Å²) >= 11 is 0. The van der Waals surface area contributed by atoms with Crippen molar-refractivity contribution in [2.75, 3.05) is 26.3 Å². The number of hydrogen-bond acceptors (Lipinski definition) is 5. The van der Waals surface area contributed by atoms with Crippen molar-refractivity contribution in [3.8, 4) is 0 Å². The molecule has 7 heteroatoms. The van der Waals surface area contributed by atoms with Crippen LogP contribution in [-0.2, 0) is 9.53 Å². The molecule has 2 amide bonds. The van der Waals surface area contributed by atoms with E-state index in [0.29, 0.717) is 25.3 Å². The molecular weight excluding hydrogens is 358 g/mol. The standard InChI is InChI=1S/C21H27N3O4/c1-16(17-5-3-2-4-6-17)24-21(8-11-27-12-9-21)15-23-19(25)13-22-20(26)18-7-10-28-14-18/h2-7,10,14,16,24H,8-9,11-13,15H2,1H3,(H,22,26)(H,23,25)/t16-/m0/s1. The number of amides is 2. The monoisotopic (exact) mass is 385 g/mol. The number of nitrogens with one attached hydrogen (secondary N) is 3. The summed E-state index contributed by atoms with van der Waals surface area (Å²) < 4.78 is 10.4. The highest BCUT2D eigenvalue weighted by atomic mass is 16.5. The van der Waals surface area contributed by atoms with Crippen LogP contribution in [-0.4, -0.2) is 43.7 Å². The van der Waals surface area contributed by atoms with Gasteiger partial charge in [0.05, 0.1) is 18.4 Å². The zero-order valence-electron chi connectivity index (χ0n) is 16.1. The van der Waals surface area contributed by atoms with Gasteiger partial charge < -0.3 is 25.1 Å². The summed E-state index contributed by atoms with van der Waals surface area (Å²) in [5.41, 5.74) is 1.36. The number of carbonyl (C=O) groups is 2. The number of furan rings is 1. The first kappa shape index (κ1) is 20.1. The molecule has 1 fully saturated rings. The molecule has 0 spiro atoms. The fraction of sp³-hybridized carbons (Fsp3) is 0.429. The summed E-state index contributed by atoms with van der Waals surface area (Å²) in [6, 6.07) is 11.9. The molecular formula is C21H27N3O4. The zero-order valence-corrected chi connectivity index (χ0v) is 16.1. The summed E-state index contributed by atoms with van der Waals surface area (Å²) in [6.45, 7) is 3.83. The molecule has 2 aromatic rings. The zero-order chi connectivity index (χ0) is 19.8. The maximum Gasteiger partial charge on any atom is 0.254 e. The van der Waals surface area contributed by atoms with E-state index in [9.17, 15) is 9.59 Å². The molecule has 0 bridgehead atoms. The van der Waals surface area contributed by atoms with Gasteiger partial charge in [0, 0.05) is 31.3 Å². The average molecular weight is 385 g/mol. The van der Waals surface area contributed by atoms with E-state index >= 15 is 0 Å². The lowest BCUT2D eigenvalue weighted by Crippen LogP contribution is -2.57. The molecule has 1 aromatic heterocycles. The number of ether oxygens (including phenoxy) is 1. The molecule has 1 aliphatic rings. The number of benzene rings is 1. The van der Waals surface area contributed by atoms with E-state index in [1.54, 1.807) is 6.07 Å². The summed E-state index contributed by atoms with van der Waals surface area (Å²) in [6.07, 6.45) is 4.39. The fourth-order valence-electron chi connectivity index (χ4n) is 3.41. The van der Waals surface area contributed by atoms with Crippen molar-refractivity contribution in [2.24, 2.45) is 0 Å². The Balaban J connectivity index is 1.53. The van der Waals surface area contributed by atoms with E-state index in [4.69, 9.17) is 9.15 Å². The Morgan fingerprint density at radius 2 is 1.86 bits per heavy atom. The van der Waals surface area contributed by atoms with Crippen molar-refractivity contribution >= 4 is 11.8 Å². The van der Waals surface area contributed by atoms with Crippen LogP contribution in [0.2, 0.25) is 0 Å². The van der Waals surface area contributed by atoms with Crippen LogP contribution in [0.3, 0.4) is 0 Å². The third kappa shape index (κ3) is 5.43. The van der Waals surface area contributed by atoms with Gasteiger partial charge in [-0.15, -0.1) is 0 Å². The molecule has 2 heterocycles. The molecule has 3 N–H and O–H groups in total. The van der Waals surface area contributed by atoms with Crippen LogP contribution >= 0.6 is 0 Å². The first-order valence-electron chi connectivity index (χ1n) is 9.55. The Morgan fingerprint density at radius 1 is 1.11 bits per heavy atom. The number of carbonyl (C=O) groups excluding carboxylic acids is 2. The van der Waals surface area contributed by atoms with Gasteiger partial charge >= 0.3 is 0 Å². The molecule has 3 rings (SSSR count). The molecule has 1 saturated heterocycles. The first-order chi connectivity index (χ1) is 13.6. The Morgan fingerprint density at radius 3 is 2.54 bits per heavy atom. The quantitative estimate of drug-likeness (QED) is 0.647. The Hall–Kier alpha value is -2.64. The third-order valence-electron chi connectivity index (χ3n) is 5.09. The van der Waals surface area contributed by atoms with E-state index < -0.39 is 0 Å². The van der Waals surface area contributed by atoms with E-state index in [1.165, 1.54) is 18.1 Å². The predicted octanol–water partition coefficient (Wildman–Crippen LogP) is 2.03. The normalized spacial score (nSPS) is 16.9. The Bertz CT molecular complexity index is 755. The minimum Gasteiger partial charge on any atom is -0.472 e. The maximum absolute atomic E-state index is 12.2. The summed E-state index contributed by atoms with van der Waals surface area (Å²) in [7, 11) is 0. The van der Waals surface area contributed by atoms with Crippen molar-refractivity contribution in [3.05, 3.63) is 60.1 Å². The van der Waals surface area contributed by atoms with Crippen molar-refractivity contribution in [3.63, 3.8) is 0 Å². The van der Waals surface area contributed by atoms with Crippen LogP contribution in [0.4, 0.5) is 0 Å². The summed E-state index contributed by atoms with van der Waals surface area (Å²) in [5, 5.41) is 9.25. The highest BCUT2D eigenvalue weighted by molar-refractivity contribution is 5.96. The van der Waals surface area contributed by atoms with Crippen LogP contribution in [0.25, 0.3) is 0 Å². The van der Waals surface area contributed by atoms with E-state index in [-0.39, 0.29) is 29.9 Å². The topological polar surface area (TPSA) is 92.6 Å². The summed E-state index contributed by atoms with van der Waals surface area (Å²) in [5.74, 6) is -0.558. The van der Waals surface area contributed by atoms with Crippen molar-refractivity contribution in [1.82, 2.24) is 16.0 Å². The maximum atomic E-state index is 12.2. The molecule has 0 unspecified atom stereocenters. The minimum atomic E-state index is -0.333. The largest absolute Gasteiger partial charge is 0.472 e. The number of rotatable bonds is 8. The van der Waals surface area contributed by atoms with Crippen molar-refractivity contribution < 1.29 is 18.7 Å². The summed E-state index contributed by atoms with van der Waals surface area (Å²) in [4.78, 5) is 24.2. The van der Waals surface area contributed by atoms with Gasteiger partial charge in [0.1, 0.15) is 6.26 Å². The van der Waals surface area contributed by atoms with Gasteiger partial charge in [-0.05, 0) is 31.4 Å². The van der Waals surface area contributed by atoms with Crippen LogP contribution in [0, 0.1) is 0 Å². The van der Waals surface area contributed by atoms with E-state index in [0.717, 1.165) is 12.8 Å². The average Bonchev–Trinajstić information content (AvgIpc) is 3.27. The van der Waals surface area contributed by atoms with Gasteiger partial charge in [0.25, 0.3) is 5.91 Å². The second kappa shape index (κ2) is 9.52. The lowest BCUT2D eigenvalue weighted by Gasteiger charge is -2.40. The van der Waals surface area contributed by atoms with Gasteiger partial charge in [0.2, 0.25) is 5.91 Å². The lowest BCUT2D eigenvalue weighted by atomic mass is 9.88. The predicted molar refractivity (Wildman–Crippen MR) is 105 cm³/mol. The van der Waals surface area contributed by atoms with Crippen LogP contribution < -0.4 is 16.0 Å². The molecule has 28 heavy (non-hydrogen) atoms. The van der Waals surface area contributed by atoms with Crippen molar-refractivity contribution in [1.29, 1.82) is 0 Å². The van der Waals surface area contributed by atoms with Crippen molar-refractivity contribution in [2.45, 2.75) is 31.3 Å². The Labute approximate surface area is 164 Å². The molecule has 0 aliphatic carbocycles. The van der Waals surface area contributed by atoms with Crippen LogP contribution in [0.15, 0.2) is 53.3 Å². The highest BCUT2D eigenvalue weighted by Crippen LogP contribution is 2.25. The third-order valence-corrected chi connectivity index (χ3v) is 5.09. The van der Waals surface area contributed by atoms with Gasteiger partial charge in [0.15, 0.2) is 0 Å². The van der Waals surface area contributed by atoms with Crippen LogP contribution in [0.5, 0.6) is 0 Å². The van der Waals surface area contributed by atoms with Gasteiger partial charge in [-0.25, -0.2) is 0 Å². The molecule has 1 aromatic carbocycles. The second-order valence-electron chi connectivity index (χ2n) is 7.14. The second-order valence-corrected chi connectivity index (χ2v) is 7.14. The molecule has 0 saturated carbocycles. The van der Waals surface area contributed by atoms with Gasteiger partial charge in [-0.3, -0.25) is 9.59 Å². The van der Waals surface area contributed by atoms with Gasteiger partial charge in [-0.1, -0.05) is 30.3 Å². The smallest absolute Gasteiger partial charge is 0.254 e. The molecule has 1 atom stereocenters. The van der Waals surface area contributed by atoms with E-state index in [1.807, 2.05) is 18.2 Å². The van der Waals surface area contributed by atoms with Gasteiger partial charge in [-0.2, -0.15) is 0 Å².